The van der Waals surface area contributed by atoms with E-state index >= 15 is 0 Å². The standard InChI is InChI=1S/C16H25NO2/c1-9(2)14(19)8-17-12-7-11(4)15-10(3)5-6-13(18)16(12)15/h5-6,9,11-12,14,17-19H,7-8H2,1-4H3. The Hall–Kier alpha value is -1.06. The van der Waals surface area contributed by atoms with E-state index in [1.807, 2.05) is 19.9 Å². The van der Waals surface area contributed by atoms with Crippen LogP contribution in [0.3, 0.4) is 0 Å². The predicted octanol–water partition coefficient (Wildman–Crippen LogP) is 2.86. The first-order valence-electron chi connectivity index (χ1n) is 7.15. The SMILES string of the molecule is Cc1ccc(O)c2c1C(C)CC2NCC(O)C(C)C. The summed E-state index contributed by atoms with van der Waals surface area (Å²) in [6, 6.07) is 3.91. The molecule has 3 heteroatoms. The zero-order valence-corrected chi connectivity index (χ0v) is 12.3. The number of fused-ring (bicyclic) bond motifs is 1. The van der Waals surface area contributed by atoms with Crippen molar-refractivity contribution in [2.45, 2.75) is 52.2 Å². The van der Waals surface area contributed by atoms with Gasteiger partial charge in [-0.25, -0.2) is 0 Å². The number of aliphatic hydroxyl groups is 1. The molecule has 0 saturated carbocycles. The van der Waals surface area contributed by atoms with Crippen LogP contribution in [0.4, 0.5) is 0 Å². The second-order valence-electron chi connectivity index (χ2n) is 6.14. The minimum Gasteiger partial charge on any atom is -0.508 e. The Labute approximate surface area is 115 Å². The number of phenols is 1. The van der Waals surface area contributed by atoms with Gasteiger partial charge in [-0.05, 0) is 42.4 Å². The Kier molecular flexibility index (Phi) is 4.16. The van der Waals surface area contributed by atoms with E-state index in [0.717, 1.165) is 12.0 Å². The Balaban J connectivity index is 2.18. The fourth-order valence-electron chi connectivity index (χ4n) is 3.03. The van der Waals surface area contributed by atoms with Crippen molar-refractivity contribution in [3.8, 4) is 5.75 Å². The normalized spacial score (nSPS) is 23.7. The molecular formula is C16H25NO2. The molecule has 19 heavy (non-hydrogen) atoms. The minimum absolute atomic E-state index is 0.151. The topological polar surface area (TPSA) is 52.5 Å². The van der Waals surface area contributed by atoms with E-state index in [2.05, 4.69) is 19.2 Å². The number of phenolic OH excluding ortho intramolecular Hbond substituents is 1. The molecule has 0 aliphatic heterocycles. The molecule has 0 saturated heterocycles. The molecule has 1 aromatic rings. The maximum Gasteiger partial charge on any atom is 0.120 e. The lowest BCUT2D eigenvalue weighted by atomic mass is 9.97. The van der Waals surface area contributed by atoms with Crippen LogP contribution in [-0.4, -0.2) is 22.9 Å². The molecule has 0 spiro atoms. The van der Waals surface area contributed by atoms with Gasteiger partial charge in [0.2, 0.25) is 0 Å². The van der Waals surface area contributed by atoms with Crippen LogP contribution < -0.4 is 5.32 Å². The second-order valence-corrected chi connectivity index (χ2v) is 6.14. The highest BCUT2D eigenvalue weighted by molar-refractivity contribution is 5.50. The number of nitrogens with one attached hydrogen (secondary N) is 1. The highest BCUT2D eigenvalue weighted by Gasteiger charge is 2.32. The Morgan fingerprint density at radius 2 is 2.00 bits per heavy atom. The maximum atomic E-state index is 10.1. The summed E-state index contributed by atoms with van der Waals surface area (Å²) in [6.45, 7) is 8.90. The van der Waals surface area contributed by atoms with Gasteiger partial charge in [0, 0.05) is 18.2 Å². The van der Waals surface area contributed by atoms with E-state index in [-0.39, 0.29) is 18.1 Å². The lowest BCUT2D eigenvalue weighted by Crippen LogP contribution is -2.32. The molecule has 0 fully saturated rings. The van der Waals surface area contributed by atoms with Crippen molar-refractivity contribution in [1.29, 1.82) is 0 Å². The van der Waals surface area contributed by atoms with Crippen molar-refractivity contribution >= 4 is 0 Å². The van der Waals surface area contributed by atoms with Gasteiger partial charge >= 0.3 is 0 Å². The molecule has 0 heterocycles. The Morgan fingerprint density at radius 3 is 2.63 bits per heavy atom. The molecule has 0 bridgehead atoms. The summed E-state index contributed by atoms with van der Waals surface area (Å²) in [5.41, 5.74) is 3.55. The van der Waals surface area contributed by atoms with Crippen LogP contribution in [0.2, 0.25) is 0 Å². The average Bonchev–Trinajstić information content (AvgIpc) is 2.69. The van der Waals surface area contributed by atoms with Gasteiger partial charge in [-0.2, -0.15) is 0 Å². The van der Waals surface area contributed by atoms with E-state index < -0.39 is 0 Å². The first kappa shape index (κ1) is 14.4. The fourth-order valence-corrected chi connectivity index (χ4v) is 3.03. The van der Waals surface area contributed by atoms with E-state index in [0.29, 0.717) is 18.2 Å². The molecule has 1 aromatic carbocycles. The van der Waals surface area contributed by atoms with Crippen LogP contribution in [0.5, 0.6) is 5.75 Å². The van der Waals surface area contributed by atoms with Crippen molar-refractivity contribution in [1.82, 2.24) is 5.32 Å². The number of hydrogen-bond acceptors (Lipinski definition) is 3. The third-order valence-corrected chi connectivity index (χ3v) is 4.26. The zero-order valence-electron chi connectivity index (χ0n) is 12.3. The van der Waals surface area contributed by atoms with Crippen LogP contribution in [-0.2, 0) is 0 Å². The van der Waals surface area contributed by atoms with Crippen LogP contribution in [0.15, 0.2) is 12.1 Å². The predicted molar refractivity (Wildman–Crippen MR) is 77.5 cm³/mol. The maximum absolute atomic E-state index is 10.1. The van der Waals surface area contributed by atoms with Gasteiger partial charge in [0.15, 0.2) is 0 Å². The van der Waals surface area contributed by atoms with Crippen LogP contribution in [0.25, 0.3) is 0 Å². The van der Waals surface area contributed by atoms with Crippen molar-refractivity contribution in [3.05, 3.63) is 28.8 Å². The summed E-state index contributed by atoms with van der Waals surface area (Å²) in [7, 11) is 0. The molecule has 0 radical (unpaired) electrons. The van der Waals surface area contributed by atoms with Crippen LogP contribution in [0.1, 0.15) is 55.8 Å². The lowest BCUT2D eigenvalue weighted by Gasteiger charge is -2.20. The van der Waals surface area contributed by atoms with E-state index in [1.165, 1.54) is 11.1 Å². The molecule has 2 rings (SSSR count). The molecule has 3 atom stereocenters. The minimum atomic E-state index is -0.341. The number of aromatic hydroxyl groups is 1. The van der Waals surface area contributed by atoms with E-state index in [4.69, 9.17) is 0 Å². The van der Waals surface area contributed by atoms with Gasteiger partial charge in [0.1, 0.15) is 5.75 Å². The lowest BCUT2D eigenvalue weighted by molar-refractivity contribution is 0.119. The summed E-state index contributed by atoms with van der Waals surface area (Å²) >= 11 is 0. The van der Waals surface area contributed by atoms with E-state index in [1.54, 1.807) is 6.07 Å². The number of benzene rings is 1. The molecule has 1 aliphatic rings. The third-order valence-electron chi connectivity index (χ3n) is 4.26. The largest absolute Gasteiger partial charge is 0.508 e. The summed E-state index contributed by atoms with van der Waals surface area (Å²) in [5, 5.41) is 23.4. The van der Waals surface area contributed by atoms with Crippen molar-refractivity contribution in [3.63, 3.8) is 0 Å². The summed E-state index contributed by atoms with van der Waals surface area (Å²) in [5.74, 6) is 1.08. The Bertz CT molecular complexity index is 456. The monoisotopic (exact) mass is 263 g/mol. The fraction of sp³-hybridized carbons (Fsp3) is 0.625. The average molecular weight is 263 g/mol. The molecule has 1 aliphatic carbocycles. The molecule has 0 aromatic heterocycles. The molecule has 3 N–H and O–H groups in total. The van der Waals surface area contributed by atoms with Crippen molar-refractivity contribution < 1.29 is 10.2 Å². The molecule has 3 unspecified atom stereocenters. The van der Waals surface area contributed by atoms with Gasteiger partial charge in [-0.1, -0.05) is 26.8 Å². The van der Waals surface area contributed by atoms with Gasteiger partial charge in [-0.3, -0.25) is 0 Å². The molecule has 0 amide bonds. The van der Waals surface area contributed by atoms with Crippen LogP contribution in [0, 0.1) is 12.8 Å². The first-order valence-corrected chi connectivity index (χ1v) is 7.15. The molecule has 106 valence electrons. The highest BCUT2D eigenvalue weighted by atomic mass is 16.3. The Morgan fingerprint density at radius 1 is 1.32 bits per heavy atom. The highest BCUT2D eigenvalue weighted by Crippen LogP contribution is 2.45. The van der Waals surface area contributed by atoms with Gasteiger partial charge < -0.3 is 15.5 Å². The van der Waals surface area contributed by atoms with Crippen molar-refractivity contribution in [2.24, 2.45) is 5.92 Å². The molecular weight excluding hydrogens is 238 g/mol. The first-order chi connectivity index (χ1) is 8.91. The summed E-state index contributed by atoms with van der Waals surface area (Å²) in [6.07, 6.45) is 0.643. The summed E-state index contributed by atoms with van der Waals surface area (Å²) < 4.78 is 0. The third kappa shape index (κ3) is 2.77. The quantitative estimate of drug-likeness (QED) is 0.783. The number of hydrogen-bond donors (Lipinski definition) is 3. The van der Waals surface area contributed by atoms with Gasteiger partial charge in [-0.15, -0.1) is 0 Å². The molecule has 3 nitrogen and oxygen atoms in total. The second kappa shape index (κ2) is 5.51. The van der Waals surface area contributed by atoms with E-state index in [9.17, 15) is 10.2 Å². The number of rotatable bonds is 4. The van der Waals surface area contributed by atoms with Gasteiger partial charge in [0.25, 0.3) is 0 Å². The smallest absolute Gasteiger partial charge is 0.120 e. The number of aryl methyl sites for hydroxylation is 1. The van der Waals surface area contributed by atoms with Gasteiger partial charge in [0.05, 0.1) is 6.10 Å². The van der Waals surface area contributed by atoms with Crippen molar-refractivity contribution in [2.75, 3.05) is 6.54 Å². The zero-order chi connectivity index (χ0) is 14.2. The van der Waals surface area contributed by atoms with Crippen LogP contribution >= 0.6 is 0 Å². The summed E-state index contributed by atoms with van der Waals surface area (Å²) in [4.78, 5) is 0. The number of aliphatic hydroxyl groups excluding tert-OH is 1.